The number of hydrogen-bond donors (Lipinski definition) is 0. The highest BCUT2D eigenvalue weighted by Crippen LogP contribution is 2.05. The van der Waals surface area contributed by atoms with Crippen LogP contribution in [0.3, 0.4) is 0 Å². The van der Waals surface area contributed by atoms with Gasteiger partial charge in [0.2, 0.25) is 0 Å². The van der Waals surface area contributed by atoms with Crippen LogP contribution in [0, 0.1) is 6.92 Å². The van der Waals surface area contributed by atoms with E-state index in [1.165, 1.54) is 0 Å². The Hall–Kier alpha value is -1.18. The minimum Gasteiger partial charge on any atom is -0.294 e. The first-order valence-electron chi connectivity index (χ1n) is 4.19. The van der Waals surface area contributed by atoms with Crippen molar-refractivity contribution in [1.29, 1.82) is 0 Å². The van der Waals surface area contributed by atoms with Gasteiger partial charge in [0.1, 0.15) is 0 Å². The Morgan fingerprint density at radius 2 is 2.25 bits per heavy atom. The Kier molecular flexibility index (Phi) is 2.97. The van der Waals surface area contributed by atoms with Crippen molar-refractivity contribution in [2.75, 3.05) is 0 Å². The minimum absolute atomic E-state index is 0.189. The standard InChI is InChI=1S/C10H13NO/c1-3-4-10(12)9-5-8(2)6-11-7-9/h5-7H,3-4H2,1-2H3. The molecule has 2 heteroatoms. The van der Waals surface area contributed by atoms with Gasteiger partial charge in [-0.1, -0.05) is 6.92 Å². The second-order valence-corrected chi connectivity index (χ2v) is 2.92. The molecular formula is C10H13NO. The van der Waals surface area contributed by atoms with E-state index in [2.05, 4.69) is 4.98 Å². The van der Waals surface area contributed by atoms with Gasteiger partial charge in [0.15, 0.2) is 5.78 Å². The van der Waals surface area contributed by atoms with Crippen molar-refractivity contribution in [3.63, 3.8) is 0 Å². The Balaban J connectivity index is 2.81. The number of ketones is 1. The molecule has 12 heavy (non-hydrogen) atoms. The second-order valence-electron chi connectivity index (χ2n) is 2.92. The minimum atomic E-state index is 0.189. The van der Waals surface area contributed by atoms with Gasteiger partial charge in [-0.2, -0.15) is 0 Å². The van der Waals surface area contributed by atoms with E-state index in [9.17, 15) is 4.79 Å². The molecule has 0 fully saturated rings. The zero-order valence-electron chi connectivity index (χ0n) is 7.50. The largest absolute Gasteiger partial charge is 0.294 e. The van der Waals surface area contributed by atoms with E-state index in [0.29, 0.717) is 6.42 Å². The molecule has 0 atom stereocenters. The number of aromatic nitrogens is 1. The molecule has 1 aromatic heterocycles. The van der Waals surface area contributed by atoms with Crippen LogP contribution in [0.1, 0.15) is 35.7 Å². The van der Waals surface area contributed by atoms with E-state index >= 15 is 0 Å². The fraction of sp³-hybridized carbons (Fsp3) is 0.400. The molecule has 0 N–H and O–H groups in total. The highest BCUT2D eigenvalue weighted by Gasteiger charge is 2.03. The van der Waals surface area contributed by atoms with Gasteiger partial charge in [-0.15, -0.1) is 0 Å². The van der Waals surface area contributed by atoms with Crippen molar-refractivity contribution < 1.29 is 4.79 Å². The van der Waals surface area contributed by atoms with E-state index in [-0.39, 0.29) is 5.78 Å². The van der Waals surface area contributed by atoms with Crippen molar-refractivity contribution in [3.8, 4) is 0 Å². The fourth-order valence-electron chi connectivity index (χ4n) is 1.08. The van der Waals surface area contributed by atoms with Crippen molar-refractivity contribution in [2.24, 2.45) is 0 Å². The monoisotopic (exact) mass is 163 g/mol. The third-order valence-electron chi connectivity index (χ3n) is 1.67. The van der Waals surface area contributed by atoms with Gasteiger partial charge >= 0.3 is 0 Å². The van der Waals surface area contributed by atoms with Crippen molar-refractivity contribution in [1.82, 2.24) is 4.98 Å². The van der Waals surface area contributed by atoms with E-state index in [4.69, 9.17) is 0 Å². The maximum Gasteiger partial charge on any atom is 0.164 e. The first-order valence-corrected chi connectivity index (χ1v) is 4.19. The van der Waals surface area contributed by atoms with Crippen LogP contribution in [0.2, 0.25) is 0 Å². The van der Waals surface area contributed by atoms with E-state index < -0.39 is 0 Å². The molecule has 0 aliphatic rings. The Labute approximate surface area is 72.6 Å². The molecule has 1 aromatic rings. The molecule has 0 radical (unpaired) electrons. The third-order valence-corrected chi connectivity index (χ3v) is 1.67. The smallest absolute Gasteiger partial charge is 0.164 e. The first kappa shape index (κ1) is 8.91. The van der Waals surface area contributed by atoms with Crippen LogP contribution < -0.4 is 0 Å². The summed E-state index contributed by atoms with van der Waals surface area (Å²) in [7, 11) is 0. The lowest BCUT2D eigenvalue weighted by molar-refractivity contribution is 0.0981. The number of rotatable bonds is 3. The predicted molar refractivity (Wildman–Crippen MR) is 48.2 cm³/mol. The van der Waals surface area contributed by atoms with E-state index in [1.807, 2.05) is 19.9 Å². The number of carbonyl (C=O) groups is 1. The predicted octanol–water partition coefficient (Wildman–Crippen LogP) is 2.37. The molecule has 0 unspecified atom stereocenters. The summed E-state index contributed by atoms with van der Waals surface area (Å²) in [6.45, 7) is 3.94. The highest BCUT2D eigenvalue weighted by atomic mass is 16.1. The van der Waals surface area contributed by atoms with Gasteiger partial charge in [-0.3, -0.25) is 9.78 Å². The zero-order chi connectivity index (χ0) is 8.97. The molecule has 1 heterocycles. The lowest BCUT2D eigenvalue weighted by Gasteiger charge is -1.98. The van der Waals surface area contributed by atoms with Crippen molar-refractivity contribution in [2.45, 2.75) is 26.7 Å². The number of hydrogen-bond acceptors (Lipinski definition) is 2. The van der Waals surface area contributed by atoms with Crippen LogP contribution >= 0.6 is 0 Å². The number of aryl methyl sites for hydroxylation is 1. The molecule has 0 aliphatic carbocycles. The molecule has 0 amide bonds. The number of Topliss-reactive ketones (excluding diaryl/α,β-unsaturated/α-hetero) is 1. The van der Waals surface area contributed by atoms with Gasteiger partial charge < -0.3 is 0 Å². The molecule has 0 aliphatic heterocycles. The quantitative estimate of drug-likeness (QED) is 0.640. The normalized spacial score (nSPS) is 9.83. The first-order chi connectivity index (χ1) is 5.74. The average molecular weight is 163 g/mol. The number of nitrogens with zero attached hydrogens (tertiary/aromatic N) is 1. The van der Waals surface area contributed by atoms with Crippen LogP contribution in [0.5, 0.6) is 0 Å². The van der Waals surface area contributed by atoms with E-state index in [1.54, 1.807) is 12.4 Å². The van der Waals surface area contributed by atoms with Crippen LogP contribution in [-0.2, 0) is 0 Å². The fourth-order valence-corrected chi connectivity index (χ4v) is 1.08. The number of pyridine rings is 1. The summed E-state index contributed by atoms with van der Waals surface area (Å²) in [6.07, 6.45) is 4.89. The lowest BCUT2D eigenvalue weighted by atomic mass is 10.1. The molecule has 0 spiro atoms. The van der Waals surface area contributed by atoms with Crippen molar-refractivity contribution in [3.05, 3.63) is 29.6 Å². The molecule has 0 saturated heterocycles. The van der Waals surface area contributed by atoms with Crippen LogP contribution in [0.25, 0.3) is 0 Å². The average Bonchev–Trinajstić information content (AvgIpc) is 2.05. The third kappa shape index (κ3) is 2.16. The summed E-state index contributed by atoms with van der Waals surface area (Å²) in [5, 5.41) is 0. The summed E-state index contributed by atoms with van der Waals surface area (Å²) in [4.78, 5) is 15.3. The maximum atomic E-state index is 11.4. The summed E-state index contributed by atoms with van der Waals surface area (Å²) in [5.74, 6) is 0.189. The summed E-state index contributed by atoms with van der Waals surface area (Å²) in [6, 6.07) is 1.88. The SMILES string of the molecule is CCCC(=O)c1cncc(C)c1. The van der Waals surface area contributed by atoms with Gasteiger partial charge in [0, 0.05) is 24.4 Å². The summed E-state index contributed by atoms with van der Waals surface area (Å²) < 4.78 is 0. The van der Waals surface area contributed by atoms with Crippen LogP contribution in [0.15, 0.2) is 18.5 Å². The zero-order valence-corrected chi connectivity index (χ0v) is 7.50. The molecule has 0 bridgehead atoms. The Bertz CT molecular complexity index is 281. The molecule has 0 saturated carbocycles. The lowest BCUT2D eigenvalue weighted by Crippen LogP contribution is -1.98. The van der Waals surface area contributed by atoms with Gasteiger partial charge in [0.25, 0.3) is 0 Å². The van der Waals surface area contributed by atoms with Gasteiger partial charge in [-0.25, -0.2) is 0 Å². The summed E-state index contributed by atoms with van der Waals surface area (Å²) >= 11 is 0. The maximum absolute atomic E-state index is 11.4. The molecule has 2 nitrogen and oxygen atoms in total. The summed E-state index contributed by atoms with van der Waals surface area (Å²) in [5.41, 5.74) is 1.77. The number of carbonyl (C=O) groups excluding carboxylic acids is 1. The van der Waals surface area contributed by atoms with E-state index in [0.717, 1.165) is 17.5 Å². The second kappa shape index (κ2) is 4.00. The highest BCUT2D eigenvalue weighted by molar-refractivity contribution is 5.95. The molecule has 0 aromatic carbocycles. The molecular weight excluding hydrogens is 150 g/mol. The molecule has 1 rings (SSSR count). The van der Waals surface area contributed by atoms with Crippen LogP contribution in [-0.4, -0.2) is 10.8 Å². The van der Waals surface area contributed by atoms with Gasteiger partial charge in [-0.05, 0) is 25.0 Å². The van der Waals surface area contributed by atoms with Crippen LogP contribution in [0.4, 0.5) is 0 Å². The topological polar surface area (TPSA) is 30.0 Å². The Morgan fingerprint density at radius 1 is 1.50 bits per heavy atom. The molecule has 64 valence electrons. The van der Waals surface area contributed by atoms with Crippen molar-refractivity contribution >= 4 is 5.78 Å². The van der Waals surface area contributed by atoms with Gasteiger partial charge in [0.05, 0.1) is 0 Å². The Morgan fingerprint density at radius 3 is 2.83 bits per heavy atom.